The monoisotopic (exact) mass is 527 g/mol. The van der Waals surface area contributed by atoms with E-state index in [4.69, 9.17) is 10.5 Å². The van der Waals surface area contributed by atoms with Gasteiger partial charge in [-0.2, -0.15) is 10.1 Å². The van der Waals surface area contributed by atoms with Gasteiger partial charge in [0.05, 0.1) is 36.4 Å². The number of hydrogen-bond acceptors (Lipinski definition) is 9. The van der Waals surface area contributed by atoms with Crippen molar-refractivity contribution in [2.45, 2.75) is 38.8 Å². The van der Waals surface area contributed by atoms with Crippen molar-refractivity contribution in [3.63, 3.8) is 0 Å². The number of ether oxygens (including phenoxy) is 1. The molecule has 1 aromatic carbocycles. The first-order valence-corrected chi connectivity index (χ1v) is 13.0. The molecule has 1 fully saturated rings. The smallest absolute Gasteiger partial charge is 0.254 e. The minimum absolute atomic E-state index is 0.151. The average Bonchev–Trinajstić information content (AvgIpc) is 3.42. The van der Waals surface area contributed by atoms with Gasteiger partial charge in [0, 0.05) is 43.3 Å². The molecule has 4 N–H and O–H groups in total. The van der Waals surface area contributed by atoms with Crippen LogP contribution in [0.4, 0.5) is 23.1 Å². The van der Waals surface area contributed by atoms with Crippen molar-refractivity contribution in [2.24, 2.45) is 5.73 Å². The van der Waals surface area contributed by atoms with Gasteiger partial charge in [-0.3, -0.25) is 14.5 Å². The minimum Gasteiger partial charge on any atom is -0.494 e. The minimum atomic E-state index is -0.649. The largest absolute Gasteiger partial charge is 0.494 e. The fourth-order valence-corrected chi connectivity index (χ4v) is 4.82. The Labute approximate surface area is 227 Å². The number of hydrogen-bond donors (Lipinski definition) is 3. The first-order chi connectivity index (χ1) is 18.9. The van der Waals surface area contributed by atoms with Crippen LogP contribution in [-0.2, 0) is 0 Å². The quantitative estimate of drug-likeness (QED) is 0.290. The Morgan fingerprint density at radius 1 is 1.08 bits per heavy atom. The number of benzene rings is 1. The van der Waals surface area contributed by atoms with Gasteiger partial charge in [0.25, 0.3) is 5.91 Å². The van der Waals surface area contributed by atoms with E-state index in [1.54, 1.807) is 19.5 Å². The van der Waals surface area contributed by atoms with E-state index in [-0.39, 0.29) is 11.4 Å². The zero-order valence-corrected chi connectivity index (χ0v) is 22.3. The number of carbonyl (C=O) groups excluding carboxylic acids is 1. The Morgan fingerprint density at radius 2 is 1.90 bits per heavy atom. The number of nitrogens with two attached hydrogens (primary N) is 1. The molecule has 1 saturated heterocycles. The molecule has 3 aromatic heterocycles. The van der Waals surface area contributed by atoms with E-state index in [0.717, 1.165) is 42.9 Å². The normalized spacial score (nSPS) is 14.4. The summed E-state index contributed by atoms with van der Waals surface area (Å²) in [6.07, 6.45) is 8.95. The number of pyridine rings is 1. The Bertz CT molecular complexity index is 1430. The van der Waals surface area contributed by atoms with Crippen LogP contribution in [0.5, 0.6) is 5.75 Å². The molecule has 202 valence electrons. The van der Waals surface area contributed by atoms with Crippen LogP contribution in [0.3, 0.4) is 0 Å². The Kier molecular flexibility index (Phi) is 7.69. The summed E-state index contributed by atoms with van der Waals surface area (Å²) in [5.41, 5.74) is 8.70. The number of likely N-dealkylation sites (tertiary alicyclic amines) is 1. The maximum atomic E-state index is 12.2. The van der Waals surface area contributed by atoms with Crippen molar-refractivity contribution in [1.82, 2.24) is 29.6 Å². The molecule has 1 aliphatic heterocycles. The van der Waals surface area contributed by atoms with Gasteiger partial charge in [0.1, 0.15) is 11.4 Å². The molecule has 1 amide bonds. The summed E-state index contributed by atoms with van der Waals surface area (Å²) >= 11 is 0. The van der Waals surface area contributed by atoms with E-state index in [0.29, 0.717) is 29.5 Å². The van der Waals surface area contributed by atoms with Crippen molar-refractivity contribution >= 4 is 29.0 Å². The third-order valence-electron chi connectivity index (χ3n) is 6.93. The van der Waals surface area contributed by atoms with E-state index >= 15 is 0 Å². The Balaban J connectivity index is 1.37. The SMILES string of the molecule is COc1c(Nc2nc(Nc3cnn(C4CCN(C(C)C)CC4)c3)ncc2C(N)=O)cccc1-c1ccccn1. The molecule has 0 saturated carbocycles. The summed E-state index contributed by atoms with van der Waals surface area (Å²) in [4.78, 5) is 28.0. The van der Waals surface area contributed by atoms with Crippen molar-refractivity contribution in [3.8, 4) is 17.0 Å². The molecule has 0 bridgehead atoms. The molecule has 0 atom stereocenters. The van der Waals surface area contributed by atoms with Crippen molar-refractivity contribution in [2.75, 3.05) is 30.8 Å². The maximum Gasteiger partial charge on any atom is 0.254 e. The molecule has 39 heavy (non-hydrogen) atoms. The Morgan fingerprint density at radius 3 is 2.59 bits per heavy atom. The summed E-state index contributed by atoms with van der Waals surface area (Å²) in [6.45, 7) is 6.58. The van der Waals surface area contributed by atoms with Crippen molar-refractivity contribution in [3.05, 3.63) is 66.7 Å². The summed E-state index contributed by atoms with van der Waals surface area (Å²) in [5, 5.41) is 11.0. The van der Waals surface area contributed by atoms with Crippen molar-refractivity contribution < 1.29 is 9.53 Å². The van der Waals surface area contributed by atoms with Crippen LogP contribution in [0.2, 0.25) is 0 Å². The molecule has 0 aliphatic carbocycles. The number of primary amides is 1. The zero-order valence-electron chi connectivity index (χ0n) is 22.3. The zero-order chi connectivity index (χ0) is 27.4. The van der Waals surface area contributed by atoms with Gasteiger partial charge in [0.2, 0.25) is 5.95 Å². The second kappa shape index (κ2) is 11.5. The third-order valence-corrected chi connectivity index (χ3v) is 6.93. The van der Waals surface area contributed by atoms with E-state index < -0.39 is 5.91 Å². The topological polar surface area (TPSA) is 136 Å². The molecule has 0 radical (unpaired) electrons. The fourth-order valence-electron chi connectivity index (χ4n) is 4.82. The average molecular weight is 528 g/mol. The van der Waals surface area contributed by atoms with E-state index in [1.165, 1.54) is 6.20 Å². The predicted molar refractivity (Wildman–Crippen MR) is 151 cm³/mol. The van der Waals surface area contributed by atoms with Crippen LogP contribution in [-0.4, -0.2) is 61.8 Å². The standard InChI is InChI=1S/C28H33N9O2/c1-18(2)36-13-10-20(11-14-36)37-17-19(15-32-37)33-28-31-16-22(26(29)38)27(35-28)34-24-9-6-7-21(25(24)39-3)23-8-4-5-12-30-23/h4-9,12,15-18,20H,10-11,13-14H2,1-3H3,(H2,29,38)(H2,31,33,34,35). The highest BCUT2D eigenvalue weighted by atomic mass is 16.5. The van der Waals surface area contributed by atoms with Gasteiger partial charge in [-0.15, -0.1) is 0 Å². The van der Waals surface area contributed by atoms with Crippen LogP contribution >= 0.6 is 0 Å². The molecular formula is C28H33N9O2. The number of methoxy groups -OCH3 is 1. The number of nitrogens with zero attached hydrogens (tertiary/aromatic N) is 6. The highest BCUT2D eigenvalue weighted by molar-refractivity contribution is 5.98. The van der Waals surface area contributed by atoms with Gasteiger partial charge in [-0.05, 0) is 51.0 Å². The number of nitrogens with one attached hydrogen (secondary N) is 2. The number of amides is 1. The third kappa shape index (κ3) is 5.83. The molecule has 11 nitrogen and oxygen atoms in total. The molecule has 5 rings (SSSR count). The van der Waals surface area contributed by atoms with Gasteiger partial charge >= 0.3 is 0 Å². The molecule has 0 unspecified atom stereocenters. The number of para-hydroxylation sites is 1. The Hall–Kier alpha value is -4.51. The van der Waals surface area contributed by atoms with Crippen molar-refractivity contribution in [1.29, 1.82) is 0 Å². The second-order valence-corrected chi connectivity index (χ2v) is 9.74. The van der Waals surface area contributed by atoms with Gasteiger partial charge in [-0.1, -0.05) is 12.1 Å². The predicted octanol–water partition coefficient (Wildman–Crippen LogP) is 4.38. The van der Waals surface area contributed by atoms with Gasteiger partial charge < -0.3 is 26.0 Å². The van der Waals surface area contributed by atoms with E-state index in [1.807, 2.05) is 47.3 Å². The second-order valence-electron chi connectivity index (χ2n) is 9.74. The molecule has 0 spiro atoms. The number of carbonyl (C=O) groups is 1. The number of aromatic nitrogens is 5. The molecule has 11 heteroatoms. The number of rotatable bonds is 9. The first-order valence-electron chi connectivity index (χ1n) is 13.0. The van der Waals surface area contributed by atoms with Crippen LogP contribution in [0.25, 0.3) is 11.3 Å². The summed E-state index contributed by atoms with van der Waals surface area (Å²) in [6, 6.07) is 12.2. The van der Waals surface area contributed by atoms with E-state index in [9.17, 15) is 4.79 Å². The molecule has 4 aromatic rings. The lowest BCUT2D eigenvalue weighted by Crippen LogP contribution is -2.39. The van der Waals surface area contributed by atoms with Crippen LogP contribution < -0.4 is 21.1 Å². The summed E-state index contributed by atoms with van der Waals surface area (Å²) in [5.74, 6) is 0.468. The fraction of sp³-hybridized carbons (Fsp3) is 0.321. The van der Waals surface area contributed by atoms with Crippen LogP contribution in [0.1, 0.15) is 43.1 Å². The van der Waals surface area contributed by atoms with Gasteiger partial charge in [0.15, 0.2) is 5.75 Å². The number of anilines is 4. The molecule has 1 aliphatic rings. The van der Waals surface area contributed by atoms with Crippen LogP contribution in [0.15, 0.2) is 61.2 Å². The lowest BCUT2D eigenvalue weighted by Gasteiger charge is -2.34. The molecule has 4 heterocycles. The first kappa shape index (κ1) is 26.1. The van der Waals surface area contributed by atoms with Gasteiger partial charge in [-0.25, -0.2) is 4.98 Å². The molecular weight excluding hydrogens is 494 g/mol. The van der Waals surface area contributed by atoms with Crippen LogP contribution in [0, 0.1) is 0 Å². The highest BCUT2D eigenvalue weighted by Gasteiger charge is 2.23. The summed E-state index contributed by atoms with van der Waals surface area (Å²) in [7, 11) is 1.58. The van der Waals surface area contributed by atoms with E-state index in [2.05, 4.69) is 49.4 Å². The lowest BCUT2D eigenvalue weighted by molar-refractivity contribution is 0.100. The lowest BCUT2D eigenvalue weighted by atomic mass is 10.0. The highest BCUT2D eigenvalue weighted by Crippen LogP contribution is 2.37. The maximum absolute atomic E-state index is 12.2. The summed E-state index contributed by atoms with van der Waals surface area (Å²) < 4.78 is 7.72. The number of piperidine rings is 1.